The van der Waals surface area contributed by atoms with E-state index in [-0.39, 0.29) is 23.8 Å². The molecular weight excluding hydrogens is 344 g/mol. The van der Waals surface area contributed by atoms with Crippen molar-refractivity contribution in [1.29, 1.82) is 0 Å². The lowest BCUT2D eigenvalue weighted by molar-refractivity contribution is -0.144. The first-order chi connectivity index (χ1) is 13.0. The third-order valence-electron chi connectivity index (χ3n) is 6.55. The van der Waals surface area contributed by atoms with Gasteiger partial charge in [0, 0.05) is 37.3 Å². The molecule has 2 fully saturated rings. The van der Waals surface area contributed by atoms with Crippen LogP contribution in [-0.2, 0) is 27.3 Å². The molecule has 0 saturated carbocycles. The zero-order valence-electron chi connectivity index (χ0n) is 15.9. The van der Waals surface area contributed by atoms with Crippen LogP contribution in [0.1, 0.15) is 31.5 Å². The van der Waals surface area contributed by atoms with Crippen molar-refractivity contribution in [3.05, 3.63) is 29.6 Å². The van der Waals surface area contributed by atoms with E-state index >= 15 is 0 Å². The van der Waals surface area contributed by atoms with Crippen LogP contribution >= 0.6 is 0 Å². The molecule has 0 aliphatic carbocycles. The van der Waals surface area contributed by atoms with Crippen molar-refractivity contribution in [2.24, 2.45) is 17.8 Å². The number of aromatic nitrogens is 2. The topological polar surface area (TPSA) is 78.5 Å². The number of nitrogens with one attached hydrogen (secondary N) is 1. The van der Waals surface area contributed by atoms with Gasteiger partial charge in [0.05, 0.1) is 30.7 Å². The van der Waals surface area contributed by atoms with E-state index in [4.69, 9.17) is 4.74 Å². The molecule has 4 aliphatic rings. The van der Waals surface area contributed by atoms with Gasteiger partial charge in [0.2, 0.25) is 11.8 Å². The highest BCUT2D eigenvalue weighted by molar-refractivity contribution is 5.93. The maximum Gasteiger partial charge on any atom is 0.230 e. The van der Waals surface area contributed by atoms with Gasteiger partial charge in [-0.25, -0.2) is 0 Å². The van der Waals surface area contributed by atoms with Gasteiger partial charge < -0.3 is 14.5 Å². The van der Waals surface area contributed by atoms with Gasteiger partial charge in [0.15, 0.2) is 0 Å². The predicted molar refractivity (Wildman–Crippen MR) is 97.5 cm³/mol. The number of likely N-dealkylation sites (tertiary alicyclic amines) is 1. The van der Waals surface area contributed by atoms with E-state index in [1.165, 1.54) is 0 Å². The molecule has 1 aromatic heterocycles. The lowest BCUT2D eigenvalue weighted by atomic mass is 9.76. The molecule has 0 aromatic carbocycles. The Kier molecular flexibility index (Phi) is 3.73. The number of H-pyrrole nitrogens is 1. The van der Waals surface area contributed by atoms with Crippen LogP contribution in [0.5, 0.6) is 0 Å². The van der Waals surface area contributed by atoms with Crippen LogP contribution in [0.25, 0.3) is 0 Å². The molecule has 2 amide bonds. The molecule has 1 N–H and O–H groups in total. The maximum absolute atomic E-state index is 13.4. The van der Waals surface area contributed by atoms with Gasteiger partial charge in [0.1, 0.15) is 5.60 Å². The molecule has 1 aromatic rings. The van der Waals surface area contributed by atoms with Crippen molar-refractivity contribution in [3.63, 3.8) is 0 Å². The Morgan fingerprint density at radius 2 is 2.33 bits per heavy atom. The summed E-state index contributed by atoms with van der Waals surface area (Å²) in [5.74, 6) is -0.111. The second-order valence-corrected chi connectivity index (χ2v) is 8.73. The standard InChI is InChI=1S/C20H26N4O3/c1-12(2)4-7-24-11-20-6-3-15(27-20)16(17(20)19(24)26)18(25)23-8-5-14-13(10-23)9-21-22-14/h3,6,9,12,15-17H,4-5,7-8,10-11H2,1-2H3,(H,21,22)/t15-,16-,17+,20-/m0/s1. The second-order valence-electron chi connectivity index (χ2n) is 8.73. The number of nitrogens with zero attached hydrogens (tertiary/aromatic N) is 3. The van der Waals surface area contributed by atoms with Crippen molar-refractivity contribution in [1.82, 2.24) is 20.0 Å². The summed E-state index contributed by atoms with van der Waals surface area (Å²) >= 11 is 0. The van der Waals surface area contributed by atoms with E-state index in [1.807, 2.05) is 22.0 Å². The SMILES string of the molecule is CC(C)CCN1C[C@]23C=C[C@H](O2)[C@H](C(=O)N2CCc4[nH]ncc4C2)[C@@H]3C1=O. The zero-order valence-corrected chi connectivity index (χ0v) is 15.9. The number of aromatic amines is 1. The van der Waals surface area contributed by atoms with Gasteiger partial charge in [-0.3, -0.25) is 14.7 Å². The first-order valence-corrected chi connectivity index (χ1v) is 9.94. The van der Waals surface area contributed by atoms with Crippen LogP contribution in [0.3, 0.4) is 0 Å². The molecule has 2 saturated heterocycles. The summed E-state index contributed by atoms with van der Waals surface area (Å²) in [6.45, 7) is 6.85. The van der Waals surface area contributed by atoms with Crippen molar-refractivity contribution in [3.8, 4) is 0 Å². The summed E-state index contributed by atoms with van der Waals surface area (Å²) in [5.41, 5.74) is 1.58. The van der Waals surface area contributed by atoms with E-state index in [2.05, 4.69) is 24.0 Å². The van der Waals surface area contributed by atoms with Crippen LogP contribution in [0.15, 0.2) is 18.3 Å². The molecule has 0 radical (unpaired) electrons. The summed E-state index contributed by atoms with van der Waals surface area (Å²) in [7, 11) is 0. The fraction of sp³-hybridized carbons (Fsp3) is 0.650. The summed E-state index contributed by atoms with van der Waals surface area (Å²) in [6, 6.07) is 0. The normalized spacial score (nSPS) is 33.9. The number of hydrogen-bond donors (Lipinski definition) is 1. The Labute approximate surface area is 158 Å². The predicted octanol–water partition coefficient (Wildman–Crippen LogP) is 1.12. The number of amides is 2. The molecule has 4 aliphatic heterocycles. The molecule has 0 unspecified atom stereocenters. The maximum atomic E-state index is 13.4. The van der Waals surface area contributed by atoms with Crippen LogP contribution in [0.2, 0.25) is 0 Å². The van der Waals surface area contributed by atoms with Crippen LogP contribution in [0.4, 0.5) is 0 Å². The Hall–Kier alpha value is -2.15. The highest BCUT2D eigenvalue weighted by atomic mass is 16.5. The van der Waals surface area contributed by atoms with Crippen molar-refractivity contribution in [2.75, 3.05) is 19.6 Å². The molecule has 7 heteroatoms. The zero-order chi connectivity index (χ0) is 18.8. The third kappa shape index (κ3) is 2.47. The molecule has 1 spiro atoms. The Balaban J connectivity index is 1.37. The summed E-state index contributed by atoms with van der Waals surface area (Å²) in [5, 5.41) is 7.08. The minimum Gasteiger partial charge on any atom is -0.360 e. The van der Waals surface area contributed by atoms with Gasteiger partial charge in [-0.1, -0.05) is 26.0 Å². The fourth-order valence-corrected chi connectivity index (χ4v) is 5.08. The Bertz CT molecular complexity index is 816. The summed E-state index contributed by atoms with van der Waals surface area (Å²) in [6.07, 6.45) is 7.29. The number of fused-ring (bicyclic) bond motifs is 2. The van der Waals surface area contributed by atoms with Crippen LogP contribution in [-0.4, -0.2) is 63.2 Å². The molecule has 5 heterocycles. The Morgan fingerprint density at radius 1 is 1.48 bits per heavy atom. The van der Waals surface area contributed by atoms with Gasteiger partial charge in [-0.2, -0.15) is 5.10 Å². The van der Waals surface area contributed by atoms with E-state index < -0.39 is 11.5 Å². The second kappa shape index (κ2) is 5.92. The number of carbonyl (C=O) groups excluding carboxylic acids is 2. The van der Waals surface area contributed by atoms with Gasteiger partial charge >= 0.3 is 0 Å². The number of ether oxygens (including phenoxy) is 1. The average Bonchev–Trinajstić information content (AvgIpc) is 3.39. The van der Waals surface area contributed by atoms with Crippen LogP contribution in [0, 0.1) is 17.8 Å². The van der Waals surface area contributed by atoms with Crippen LogP contribution < -0.4 is 0 Å². The van der Waals surface area contributed by atoms with E-state index in [1.54, 1.807) is 6.20 Å². The molecule has 7 nitrogen and oxygen atoms in total. The minimum absolute atomic E-state index is 0.0436. The number of hydrogen-bond acceptors (Lipinski definition) is 4. The molecule has 4 atom stereocenters. The first-order valence-electron chi connectivity index (χ1n) is 9.94. The minimum atomic E-state index is -0.602. The van der Waals surface area contributed by atoms with Gasteiger partial charge in [0.25, 0.3) is 0 Å². The van der Waals surface area contributed by atoms with Gasteiger partial charge in [-0.05, 0) is 12.3 Å². The van der Waals surface area contributed by atoms with Gasteiger partial charge in [-0.15, -0.1) is 0 Å². The van der Waals surface area contributed by atoms with E-state index in [0.717, 1.165) is 30.6 Å². The smallest absolute Gasteiger partial charge is 0.230 e. The largest absolute Gasteiger partial charge is 0.360 e. The van der Waals surface area contributed by atoms with Crippen molar-refractivity contribution < 1.29 is 14.3 Å². The highest BCUT2D eigenvalue weighted by Crippen LogP contribution is 2.52. The monoisotopic (exact) mass is 370 g/mol. The molecular formula is C20H26N4O3. The van der Waals surface area contributed by atoms with E-state index in [0.29, 0.717) is 25.6 Å². The van der Waals surface area contributed by atoms with E-state index in [9.17, 15) is 9.59 Å². The molecule has 27 heavy (non-hydrogen) atoms. The lowest BCUT2D eigenvalue weighted by Crippen LogP contribution is -2.47. The summed E-state index contributed by atoms with van der Waals surface area (Å²) in [4.78, 5) is 30.3. The molecule has 5 rings (SSSR count). The highest BCUT2D eigenvalue weighted by Gasteiger charge is 2.67. The fourth-order valence-electron chi connectivity index (χ4n) is 5.08. The number of rotatable bonds is 4. The van der Waals surface area contributed by atoms with Crippen molar-refractivity contribution in [2.45, 2.75) is 44.9 Å². The molecule has 144 valence electrons. The lowest BCUT2D eigenvalue weighted by Gasteiger charge is -2.32. The third-order valence-corrected chi connectivity index (χ3v) is 6.55. The first kappa shape index (κ1) is 17.0. The summed E-state index contributed by atoms with van der Waals surface area (Å²) < 4.78 is 6.23. The Morgan fingerprint density at radius 3 is 3.15 bits per heavy atom. The quantitative estimate of drug-likeness (QED) is 0.806. The number of carbonyl (C=O) groups is 2. The van der Waals surface area contributed by atoms with Crippen molar-refractivity contribution >= 4 is 11.8 Å². The average molecular weight is 370 g/mol. The molecule has 2 bridgehead atoms.